The zero-order valence-electron chi connectivity index (χ0n) is 47.8. The van der Waals surface area contributed by atoms with Crippen LogP contribution in [0.25, 0.3) is 0 Å². The molecular weight excluding hydrogens is 888 g/mol. The largest absolute Gasteiger partial charge is 0.472 e. The Hall–Kier alpha value is -0.760. The van der Waals surface area contributed by atoms with Crippen molar-refractivity contribution < 1.29 is 32.9 Å². The number of hydrogen-bond acceptors (Lipinski definition) is 5. The lowest BCUT2D eigenvalue weighted by Crippen LogP contribution is -2.46. The molecule has 0 fully saturated rings. The number of rotatable bonds is 58. The number of phosphoric acid groups is 1. The maximum Gasteiger partial charge on any atom is 0.472 e. The highest BCUT2D eigenvalue weighted by atomic mass is 31.2. The molecule has 3 atom stereocenters. The molecule has 0 bridgehead atoms. The number of allylic oxidation sites excluding steroid dienone is 2. The number of amides is 1. The maximum atomic E-state index is 13.0. The Balaban J connectivity index is 4.10. The van der Waals surface area contributed by atoms with Crippen LogP contribution in [0.15, 0.2) is 12.2 Å². The van der Waals surface area contributed by atoms with Gasteiger partial charge in [0.05, 0.1) is 39.9 Å². The summed E-state index contributed by atoms with van der Waals surface area (Å²) in [6, 6.07) is -0.760. The number of carbonyl (C=O) groups excluding carboxylic acids is 1. The van der Waals surface area contributed by atoms with E-state index < -0.39 is 20.0 Å². The van der Waals surface area contributed by atoms with Crippen LogP contribution in [0.5, 0.6) is 0 Å². The molecule has 0 aliphatic carbocycles. The fraction of sp³-hybridized carbons (Fsp3) is 0.951. The second kappa shape index (κ2) is 53.1. The molecule has 8 nitrogen and oxygen atoms in total. The standard InChI is InChI=1S/C61H123N2O6P/c1-6-8-10-12-14-16-18-20-22-24-26-28-30-31-33-35-37-39-41-43-45-47-49-51-53-55-61(65)62-59(58-69-70(66,67)68-57-56-63(3,4)5)60(64)54-52-50-48-46-44-42-40-38-36-34-32-29-27-25-23-21-19-17-15-13-11-9-7-2/h31,33,59-60,64H,6-30,32,34-58H2,1-5H3,(H-,62,65,66,67)/p+1/b33-31-. The summed E-state index contributed by atoms with van der Waals surface area (Å²) < 4.78 is 23.8. The number of nitrogens with one attached hydrogen (secondary N) is 1. The number of nitrogens with zero attached hydrogens (tertiary/aromatic N) is 1. The average Bonchev–Trinajstić information content (AvgIpc) is 3.32. The fourth-order valence-corrected chi connectivity index (χ4v) is 10.4. The number of phosphoric ester groups is 1. The van der Waals surface area contributed by atoms with Crippen molar-refractivity contribution in [1.29, 1.82) is 0 Å². The molecule has 418 valence electrons. The summed E-state index contributed by atoms with van der Waals surface area (Å²) in [5, 5.41) is 14.1. The van der Waals surface area contributed by atoms with Gasteiger partial charge in [-0.2, -0.15) is 0 Å². The van der Waals surface area contributed by atoms with Gasteiger partial charge in [0.25, 0.3) is 0 Å². The average molecular weight is 1010 g/mol. The van der Waals surface area contributed by atoms with Crippen LogP contribution in [0.1, 0.15) is 322 Å². The minimum Gasteiger partial charge on any atom is -0.391 e. The van der Waals surface area contributed by atoms with E-state index in [1.165, 1.54) is 257 Å². The second-order valence-electron chi connectivity index (χ2n) is 22.8. The van der Waals surface area contributed by atoms with Gasteiger partial charge in [-0.25, -0.2) is 4.57 Å². The van der Waals surface area contributed by atoms with Crippen molar-refractivity contribution >= 4 is 13.7 Å². The first kappa shape index (κ1) is 69.2. The van der Waals surface area contributed by atoms with Crippen molar-refractivity contribution in [1.82, 2.24) is 5.32 Å². The van der Waals surface area contributed by atoms with Gasteiger partial charge in [0.1, 0.15) is 13.2 Å². The summed E-state index contributed by atoms with van der Waals surface area (Å²) in [6.07, 6.45) is 65.6. The van der Waals surface area contributed by atoms with E-state index in [4.69, 9.17) is 9.05 Å². The van der Waals surface area contributed by atoms with Crippen molar-refractivity contribution in [3.63, 3.8) is 0 Å². The highest BCUT2D eigenvalue weighted by molar-refractivity contribution is 7.47. The lowest BCUT2D eigenvalue weighted by molar-refractivity contribution is -0.870. The molecule has 0 radical (unpaired) electrons. The summed E-state index contributed by atoms with van der Waals surface area (Å²) in [4.78, 5) is 23.4. The third kappa shape index (κ3) is 55.0. The number of likely N-dealkylation sites (N-methyl/N-ethyl adjacent to an activating group) is 1. The van der Waals surface area contributed by atoms with E-state index in [1.54, 1.807) is 0 Å². The third-order valence-corrected chi connectivity index (χ3v) is 15.5. The summed E-state index contributed by atoms with van der Waals surface area (Å²) in [7, 11) is 1.63. The lowest BCUT2D eigenvalue weighted by Gasteiger charge is -2.26. The van der Waals surface area contributed by atoms with E-state index in [0.717, 1.165) is 38.5 Å². The van der Waals surface area contributed by atoms with Crippen LogP contribution in [0.3, 0.4) is 0 Å². The highest BCUT2D eigenvalue weighted by Gasteiger charge is 2.28. The molecule has 70 heavy (non-hydrogen) atoms. The van der Waals surface area contributed by atoms with E-state index in [0.29, 0.717) is 23.9 Å². The molecular formula is C61H124N2O6P+. The normalized spacial score (nSPS) is 13.9. The predicted molar refractivity (Wildman–Crippen MR) is 305 cm³/mol. The van der Waals surface area contributed by atoms with Crippen molar-refractivity contribution in [3.8, 4) is 0 Å². The van der Waals surface area contributed by atoms with Gasteiger partial charge in [-0.1, -0.05) is 289 Å². The smallest absolute Gasteiger partial charge is 0.391 e. The van der Waals surface area contributed by atoms with E-state index in [1.807, 2.05) is 21.1 Å². The summed E-state index contributed by atoms with van der Waals surface area (Å²) in [6.45, 7) is 4.94. The first-order chi connectivity index (χ1) is 34.0. The molecule has 0 heterocycles. The molecule has 9 heteroatoms. The Morgan fingerprint density at radius 3 is 1.10 bits per heavy atom. The van der Waals surface area contributed by atoms with Gasteiger partial charge >= 0.3 is 7.82 Å². The van der Waals surface area contributed by atoms with Crippen LogP contribution in [0, 0.1) is 0 Å². The van der Waals surface area contributed by atoms with Gasteiger partial charge in [-0.05, 0) is 38.5 Å². The van der Waals surface area contributed by atoms with E-state index in [9.17, 15) is 19.4 Å². The number of carbonyl (C=O) groups is 1. The van der Waals surface area contributed by atoms with Crippen LogP contribution < -0.4 is 5.32 Å². The molecule has 0 aliphatic heterocycles. The fourth-order valence-electron chi connectivity index (χ4n) is 9.63. The third-order valence-electron chi connectivity index (χ3n) is 14.5. The van der Waals surface area contributed by atoms with Gasteiger partial charge in [0, 0.05) is 6.42 Å². The van der Waals surface area contributed by atoms with Crippen LogP contribution in [0.2, 0.25) is 0 Å². The molecule has 0 saturated carbocycles. The van der Waals surface area contributed by atoms with E-state index in [2.05, 4.69) is 31.3 Å². The Morgan fingerprint density at radius 2 is 0.771 bits per heavy atom. The van der Waals surface area contributed by atoms with E-state index >= 15 is 0 Å². The molecule has 0 saturated heterocycles. The molecule has 0 aliphatic rings. The lowest BCUT2D eigenvalue weighted by atomic mass is 10.0. The van der Waals surface area contributed by atoms with Crippen LogP contribution in [0.4, 0.5) is 0 Å². The molecule has 0 rings (SSSR count). The molecule has 0 aromatic carbocycles. The number of unbranched alkanes of at least 4 members (excludes halogenated alkanes) is 43. The molecule has 0 aromatic rings. The molecule has 3 unspecified atom stereocenters. The van der Waals surface area contributed by atoms with Gasteiger partial charge < -0.3 is 19.8 Å². The Labute approximate surface area is 437 Å². The van der Waals surface area contributed by atoms with Crippen LogP contribution in [-0.4, -0.2) is 73.4 Å². The summed E-state index contributed by atoms with van der Waals surface area (Å²) in [5.41, 5.74) is 0. The molecule has 3 N–H and O–H groups in total. The number of aliphatic hydroxyl groups is 1. The van der Waals surface area contributed by atoms with Crippen molar-refractivity contribution in [2.45, 2.75) is 334 Å². The Kier molecular flexibility index (Phi) is 52.5. The zero-order chi connectivity index (χ0) is 51.3. The maximum absolute atomic E-state index is 13.0. The van der Waals surface area contributed by atoms with Gasteiger partial charge in [0.2, 0.25) is 5.91 Å². The van der Waals surface area contributed by atoms with Crippen molar-refractivity contribution in [2.24, 2.45) is 0 Å². The molecule has 0 aromatic heterocycles. The number of aliphatic hydroxyl groups excluding tert-OH is 1. The minimum absolute atomic E-state index is 0.0769. The van der Waals surface area contributed by atoms with Gasteiger partial charge in [-0.15, -0.1) is 0 Å². The Bertz CT molecular complexity index is 1150. The van der Waals surface area contributed by atoms with Gasteiger partial charge in [0.15, 0.2) is 0 Å². The zero-order valence-corrected chi connectivity index (χ0v) is 48.7. The van der Waals surface area contributed by atoms with Gasteiger partial charge in [-0.3, -0.25) is 13.8 Å². The number of quaternary nitrogens is 1. The second-order valence-corrected chi connectivity index (χ2v) is 24.2. The topological polar surface area (TPSA) is 105 Å². The minimum atomic E-state index is -4.32. The SMILES string of the molecule is CCCCCCCCCCCCCC/C=C\CCCCCCCCCCCC(=O)NC(COP(=O)(O)OCC[N+](C)(C)C)C(O)CCCCCCCCCCCCCCCCCCCCCCCCC. The predicted octanol–water partition coefficient (Wildman–Crippen LogP) is 19.0. The Morgan fingerprint density at radius 1 is 0.471 bits per heavy atom. The molecule has 0 spiro atoms. The monoisotopic (exact) mass is 1010 g/mol. The highest BCUT2D eigenvalue weighted by Crippen LogP contribution is 2.43. The van der Waals surface area contributed by atoms with Crippen LogP contribution in [-0.2, 0) is 18.4 Å². The van der Waals surface area contributed by atoms with Crippen LogP contribution >= 0.6 is 7.82 Å². The van der Waals surface area contributed by atoms with Crippen molar-refractivity contribution in [3.05, 3.63) is 12.2 Å². The first-order valence-corrected chi connectivity index (χ1v) is 32.5. The molecule has 1 amide bonds. The van der Waals surface area contributed by atoms with Crippen molar-refractivity contribution in [2.75, 3.05) is 40.9 Å². The summed E-state index contributed by atoms with van der Waals surface area (Å²) >= 11 is 0. The quantitative estimate of drug-likeness (QED) is 0.0243. The number of hydrogen-bond donors (Lipinski definition) is 3. The van der Waals surface area contributed by atoms with E-state index in [-0.39, 0.29) is 19.1 Å². The summed E-state index contributed by atoms with van der Waals surface area (Å²) in [5.74, 6) is -0.140. The first-order valence-electron chi connectivity index (χ1n) is 31.1.